The van der Waals surface area contributed by atoms with Crippen molar-refractivity contribution in [3.8, 4) is 0 Å². The zero-order valence-corrected chi connectivity index (χ0v) is 14.1. The summed E-state index contributed by atoms with van der Waals surface area (Å²) in [5.74, 6) is 0.680. The van der Waals surface area contributed by atoms with Crippen molar-refractivity contribution in [1.29, 1.82) is 0 Å². The molecule has 120 valence electrons. The molecule has 2 fully saturated rings. The summed E-state index contributed by atoms with van der Waals surface area (Å²) >= 11 is 0. The predicted molar refractivity (Wildman–Crippen MR) is 90.2 cm³/mol. The molecule has 5 heteroatoms. The third-order valence-corrected chi connectivity index (χ3v) is 4.66. The molecule has 0 unspecified atom stereocenters. The van der Waals surface area contributed by atoms with Crippen LogP contribution >= 0.6 is 24.8 Å². The lowest BCUT2D eigenvalue weighted by atomic mass is 9.76. The van der Waals surface area contributed by atoms with E-state index in [0.29, 0.717) is 6.04 Å². The molecule has 2 nitrogen and oxygen atoms in total. The van der Waals surface area contributed by atoms with Gasteiger partial charge in [-0.2, -0.15) is 0 Å². The van der Waals surface area contributed by atoms with Gasteiger partial charge < -0.3 is 5.32 Å². The summed E-state index contributed by atoms with van der Waals surface area (Å²) in [6, 6.07) is 6.18. The van der Waals surface area contributed by atoms with Crippen molar-refractivity contribution in [3.63, 3.8) is 0 Å². The van der Waals surface area contributed by atoms with E-state index >= 15 is 0 Å². The number of halogens is 3. The molecule has 1 saturated heterocycles. The van der Waals surface area contributed by atoms with Crippen LogP contribution in [0.4, 0.5) is 4.39 Å². The molecule has 1 aliphatic carbocycles. The number of aryl methyl sites for hydroxylation is 1. The molecule has 1 aromatic rings. The molecule has 1 N–H and O–H groups in total. The third-order valence-electron chi connectivity index (χ3n) is 4.66. The Labute approximate surface area is 139 Å². The van der Waals surface area contributed by atoms with Gasteiger partial charge in [-0.1, -0.05) is 18.6 Å². The largest absolute Gasteiger partial charge is 0.314 e. The van der Waals surface area contributed by atoms with Crippen LogP contribution in [0.5, 0.6) is 0 Å². The first-order valence-electron chi connectivity index (χ1n) is 7.46. The Hall–Kier alpha value is -0.350. The number of nitrogens with one attached hydrogen (secondary N) is 1. The highest BCUT2D eigenvalue weighted by Crippen LogP contribution is 2.41. The first-order valence-corrected chi connectivity index (χ1v) is 7.46. The number of rotatable bonds is 3. The Morgan fingerprint density at radius 3 is 2.38 bits per heavy atom. The molecule has 0 bridgehead atoms. The highest BCUT2D eigenvalue weighted by Gasteiger charge is 2.33. The summed E-state index contributed by atoms with van der Waals surface area (Å²) in [5.41, 5.74) is 2.09. The Morgan fingerprint density at radius 2 is 1.86 bits per heavy atom. The first-order chi connectivity index (χ1) is 9.25. The lowest BCUT2D eigenvalue weighted by molar-refractivity contribution is 0.0836. The fourth-order valence-corrected chi connectivity index (χ4v) is 3.35. The topological polar surface area (TPSA) is 15.3 Å². The van der Waals surface area contributed by atoms with E-state index < -0.39 is 0 Å². The molecular weight excluding hydrogens is 310 g/mol. The van der Waals surface area contributed by atoms with Gasteiger partial charge in [-0.3, -0.25) is 4.90 Å². The highest BCUT2D eigenvalue weighted by molar-refractivity contribution is 5.85. The zero-order valence-electron chi connectivity index (χ0n) is 12.5. The van der Waals surface area contributed by atoms with E-state index in [1.54, 1.807) is 6.07 Å². The number of nitrogens with zero attached hydrogens (tertiary/aromatic N) is 1. The molecule has 1 aliphatic heterocycles. The van der Waals surface area contributed by atoms with E-state index in [1.165, 1.54) is 24.8 Å². The normalized spacial score (nSPS) is 20.9. The second kappa shape index (κ2) is 8.33. The fraction of sp³-hybridized carbons (Fsp3) is 0.625. The molecule has 21 heavy (non-hydrogen) atoms. The van der Waals surface area contributed by atoms with Gasteiger partial charge in [-0.05, 0) is 42.9 Å². The minimum absolute atomic E-state index is 0. The first kappa shape index (κ1) is 18.7. The second-order valence-electron chi connectivity index (χ2n) is 5.93. The van der Waals surface area contributed by atoms with Gasteiger partial charge in [0.05, 0.1) is 0 Å². The number of hydrogen-bond acceptors (Lipinski definition) is 2. The number of hydrogen-bond donors (Lipinski definition) is 1. The fourth-order valence-electron chi connectivity index (χ4n) is 3.35. The quantitative estimate of drug-likeness (QED) is 0.906. The van der Waals surface area contributed by atoms with Crippen molar-refractivity contribution in [2.45, 2.75) is 32.2 Å². The maximum absolute atomic E-state index is 13.5. The smallest absolute Gasteiger partial charge is 0.126 e. The van der Waals surface area contributed by atoms with Crippen molar-refractivity contribution in [1.82, 2.24) is 10.2 Å². The summed E-state index contributed by atoms with van der Waals surface area (Å²) in [6.07, 6.45) is 4.00. The molecule has 0 radical (unpaired) electrons. The number of piperazine rings is 1. The average molecular weight is 335 g/mol. The maximum Gasteiger partial charge on any atom is 0.126 e. The van der Waals surface area contributed by atoms with Crippen LogP contribution in [0.25, 0.3) is 0 Å². The molecule has 1 heterocycles. The molecule has 0 aromatic heterocycles. The summed E-state index contributed by atoms with van der Waals surface area (Å²) < 4.78 is 13.5. The van der Waals surface area contributed by atoms with Crippen LogP contribution in [-0.4, -0.2) is 31.1 Å². The van der Waals surface area contributed by atoms with Gasteiger partial charge in [0.15, 0.2) is 0 Å². The van der Waals surface area contributed by atoms with Gasteiger partial charge in [0.25, 0.3) is 0 Å². The standard InChI is InChI=1S/C16H23FN2.2ClH/c1-12-11-14(5-6-15(12)17)16(13-3-2-4-13)19-9-7-18-8-10-19;;/h5-6,11,13,16,18H,2-4,7-10H2,1H3;2*1H/t16-;;/m0../s1. The minimum atomic E-state index is -0.0866. The Bertz CT molecular complexity index is 446. The van der Waals surface area contributed by atoms with Crippen LogP contribution in [0.1, 0.15) is 36.4 Å². The Balaban J connectivity index is 0.00000110. The summed E-state index contributed by atoms with van der Waals surface area (Å²) in [4.78, 5) is 2.59. The van der Waals surface area contributed by atoms with Crippen LogP contribution in [0.15, 0.2) is 18.2 Å². The van der Waals surface area contributed by atoms with Gasteiger partial charge in [0.1, 0.15) is 5.82 Å². The molecule has 1 atom stereocenters. The van der Waals surface area contributed by atoms with E-state index in [2.05, 4.69) is 16.3 Å². The summed E-state index contributed by atoms with van der Waals surface area (Å²) in [5, 5.41) is 3.41. The lowest BCUT2D eigenvalue weighted by Gasteiger charge is -2.43. The third kappa shape index (κ3) is 4.10. The summed E-state index contributed by atoms with van der Waals surface area (Å²) in [6.45, 7) is 6.23. The lowest BCUT2D eigenvalue weighted by Crippen LogP contribution is -2.47. The van der Waals surface area contributed by atoms with E-state index in [1.807, 2.05) is 13.0 Å². The van der Waals surface area contributed by atoms with Crippen molar-refractivity contribution >= 4 is 24.8 Å². The molecular formula is C16H25Cl2FN2. The molecule has 2 aliphatic rings. The van der Waals surface area contributed by atoms with Crippen LogP contribution < -0.4 is 5.32 Å². The molecule has 0 amide bonds. The van der Waals surface area contributed by atoms with E-state index in [9.17, 15) is 4.39 Å². The SMILES string of the molecule is Cc1cc([C@H](C2CCC2)N2CCNCC2)ccc1F.Cl.Cl. The monoisotopic (exact) mass is 334 g/mol. The van der Waals surface area contributed by atoms with Gasteiger partial charge in [-0.15, -0.1) is 24.8 Å². The van der Waals surface area contributed by atoms with E-state index in [4.69, 9.17) is 0 Å². The van der Waals surface area contributed by atoms with Crippen molar-refractivity contribution in [2.75, 3.05) is 26.2 Å². The molecule has 1 aromatic carbocycles. The maximum atomic E-state index is 13.5. The van der Waals surface area contributed by atoms with Gasteiger partial charge in [0, 0.05) is 32.2 Å². The van der Waals surface area contributed by atoms with Crippen molar-refractivity contribution in [3.05, 3.63) is 35.1 Å². The highest BCUT2D eigenvalue weighted by atomic mass is 35.5. The Morgan fingerprint density at radius 1 is 1.19 bits per heavy atom. The van der Waals surface area contributed by atoms with Gasteiger partial charge in [-0.25, -0.2) is 4.39 Å². The van der Waals surface area contributed by atoms with Crippen LogP contribution in [0.2, 0.25) is 0 Å². The molecule has 0 spiro atoms. The minimum Gasteiger partial charge on any atom is -0.314 e. The second-order valence-corrected chi connectivity index (χ2v) is 5.93. The molecule has 1 saturated carbocycles. The average Bonchev–Trinajstić information content (AvgIpc) is 2.38. The zero-order chi connectivity index (χ0) is 13.2. The van der Waals surface area contributed by atoms with Crippen LogP contribution in [0, 0.1) is 18.7 Å². The van der Waals surface area contributed by atoms with E-state index in [0.717, 1.165) is 37.7 Å². The van der Waals surface area contributed by atoms with Crippen LogP contribution in [0.3, 0.4) is 0 Å². The van der Waals surface area contributed by atoms with Crippen molar-refractivity contribution < 1.29 is 4.39 Å². The van der Waals surface area contributed by atoms with Gasteiger partial charge >= 0.3 is 0 Å². The van der Waals surface area contributed by atoms with E-state index in [-0.39, 0.29) is 30.6 Å². The van der Waals surface area contributed by atoms with Crippen LogP contribution in [-0.2, 0) is 0 Å². The summed E-state index contributed by atoms with van der Waals surface area (Å²) in [7, 11) is 0. The van der Waals surface area contributed by atoms with Crippen molar-refractivity contribution in [2.24, 2.45) is 5.92 Å². The predicted octanol–water partition coefficient (Wildman–Crippen LogP) is 3.72. The molecule has 3 rings (SSSR count). The van der Waals surface area contributed by atoms with Gasteiger partial charge in [0.2, 0.25) is 0 Å². The number of benzene rings is 1. The Kier molecular flexibility index (Phi) is 7.41.